The molecule has 1 unspecified atom stereocenters. The number of hydrogen-bond acceptors (Lipinski definition) is 4. The Morgan fingerprint density at radius 1 is 1.10 bits per heavy atom. The maximum atomic E-state index is 13.2. The van der Waals surface area contributed by atoms with Crippen molar-refractivity contribution in [3.8, 4) is 21.9 Å². The lowest BCUT2D eigenvalue weighted by Crippen LogP contribution is -2.34. The van der Waals surface area contributed by atoms with Crippen molar-refractivity contribution in [2.75, 3.05) is 26.1 Å². The third-order valence-corrected chi connectivity index (χ3v) is 6.17. The molecule has 1 N–H and O–H groups in total. The normalized spacial score (nSPS) is 15.9. The number of nitrogens with one attached hydrogen (secondary N) is 1. The van der Waals surface area contributed by atoms with Crippen LogP contribution >= 0.6 is 11.3 Å². The third kappa shape index (κ3) is 3.93. The molecule has 2 heterocycles. The number of anilines is 1. The fourth-order valence-corrected chi connectivity index (χ4v) is 4.62. The van der Waals surface area contributed by atoms with Gasteiger partial charge in [0.05, 0.1) is 25.9 Å². The van der Waals surface area contributed by atoms with Gasteiger partial charge in [-0.3, -0.25) is 0 Å². The Morgan fingerprint density at radius 2 is 1.97 bits per heavy atom. The number of carbonyl (C=O) groups excluding carboxylic acids is 1. The Hall–Kier alpha value is -2.99. The number of hydrogen-bond donors (Lipinski definition) is 1. The number of nitrogens with zero attached hydrogens (tertiary/aromatic N) is 1. The second-order valence-corrected chi connectivity index (χ2v) is 7.86. The molecule has 6 heteroatoms. The van der Waals surface area contributed by atoms with Gasteiger partial charge in [0.25, 0.3) is 0 Å². The van der Waals surface area contributed by atoms with E-state index in [1.165, 1.54) is 0 Å². The molecule has 1 aromatic heterocycles. The summed E-state index contributed by atoms with van der Waals surface area (Å²) in [6.45, 7) is 0.706. The minimum atomic E-state index is -0.0959. The van der Waals surface area contributed by atoms with Crippen molar-refractivity contribution in [3.05, 3.63) is 65.5 Å². The van der Waals surface area contributed by atoms with Gasteiger partial charge in [0, 0.05) is 22.5 Å². The zero-order chi connectivity index (χ0) is 20.2. The first-order chi connectivity index (χ1) is 14.2. The van der Waals surface area contributed by atoms with Crippen molar-refractivity contribution >= 4 is 23.1 Å². The molecule has 2 amide bonds. The van der Waals surface area contributed by atoms with Crippen LogP contribution in [0.4, 0.5) is 10.5 Å². The van der Waals surface area contributed by atoms with Crippen LogP contribution in [0.1, 0.15) is 24.4 Å². The number of rotatable bonds is 5. The van der Waals surface area contributed by atoms with E-state index in [2.05, 4.69) is 11.4 Å². The van der Waals surface area contributed by atoms with Gasteiger partial charge in [-0.1, -0.05) is 24.3 Å². The summed E-state index contributed by atoms with van der Waals surface area (Å²) in [5.41, 5.74) is 2.83. The summed E-state index contributed by atoms with van der Waals surface area (Å²) in [7, 11) is 3.30. The van der Waals surface area contributed by atoms with E-state index in [-0.39, 0.29) is 12.1 Å². The average Bonchev–Trinajstić information content (AvgIpc) is 3.46. The standard InChI is InChI=1S/C23H24N2O3S/c1-27-16-11-12-21(28-2)18(15-16)20-9-5-13-25(20)23(26)24-19-8-4-3-7-17(19)22-10-6-14-29-22/h3-4,6-8,10-12,14-15,20H,5,9,13H2,1-2H3,(H,24,26). The smallest absolute Gasteiger partial charge is 0.322 e. The predicted molar refractivity (Wildman–Crippen MR) is 117 cm³/mol. The van der Waals surface area contributed by atoms with E-state index in [1.54, 1.807) is 25.6 Å². The van der Waals surface area contributed by atoms with E-state index in [0.717, 1.165) is 46.0 Å². The number of para-hydroxylation sites is 1. The molecule has 5 nitrogen and oxygen atoms in total. The Bertz CT molecular complexity index is 988. The Kier molecular flexibility index (Phi) is 5.71. The highest BCUT2D eigenvalue weighted by molar-refractivity contribution is 7.13. The lowest BCUT2D eigenvalue weighted by molar-refractivity contribution is 0.206. The maximum Gasteiger partial charge on any atom is 0.322 e. The van der Waals surface area contributed by atoms with Crippen LogP contribution < -0.4 is 14.8 Å². The number of methoxy groups -OCH3 is 2. The summed E-state index contributed by atoms with van der Waals surface area (Å²) in [5.74, 6) is 1.53. The van der Waals surface area contributed by atoms with Crippen LogP contribution in [0.5, 0.6) is 11.5 Å². The molecular formula is C23H24N2O3S. The van der Waals surface area contributed by atoms with Crippen LogP contribution in [0.2, 0.25) is 0 Å². The fraction of sp³-hybridized carbons (Fsp3) is 0.261. The van der Waals surface area contributed by atoms with Crippen molar-refractivity contribution in [2.24, 2.45) is 0 Å². The molecule has 1 aliphatic heterocycles. The van der Waals surface area contributed by atoms with Gasteiger partial charge in [-0.25, -0.2) is 4.79 Å². The predicted octanol–water partition coefficient (Wildman–Crippen LogP) is 5.80. The van der Waals surface area contributed by atoms with E-state index < -0.39 is 0 Å². The first-order valence-corrected chi connectivity index (χ1v) is 10.5. The second kappa shape index (κ2) is 8.57. The molecule has 1 saturated heterocycles. The van der Waals surface area contributed by atoms with Crippen molar-refractivity contribution in [1.82, 2.24) is 4.90 Å². The molecule has 2 aromatic carbocycles. The van der Waals surface area contributed by atoms with E-state index in [9.17, 15) is 4.79 Å². The van der Waals surface area contributed by atoms with Gasteiger partial charge >= 0.3 is 6.03 Å². The first-order valence-electron chi connectivity index (χ1n) is 9.63. The molecule has 0 spiro atoms. The SMILES string of the molecule is COc1ccc(OC)c(C2CCCN2C(=O)Nc2ccccc2-c2cccs2)c1. The summed E-state index contributed by atoms with van der Waals surface area (Å²) < 4.78 is 10.9. The van der Waals surface area contributed by atoms with Crippen molar-refractivity contribution in [3.63, 3.8) is 0 Å². The number of thiophene rings is 1. The summed E-state index contributed by atoms with van der Waals surface area (Å²) in [5, 5.41) is 5.17. The molecule has 29 heavy (non-hydrogen) atoms. The summed E-state index contributed by atoms with van der Waals surface area (Å²) in [6, 6.07) is 17.6. The van der Waals surface area contributed by atoms with Crippen LogP contribution in [0.15, 0.2) is 60.0 Å². The Balaban J connectivity index is 1.60. The summed E-state index contributed by atoms with van der Waals surface area (Å²) in [4.78, 5) is 16.2. The second-order valence-electron chi connectivity index (χ2n) is 6.91. The van der Waals surface area contributed by atoms with Crippen LogP contribution in [0.25, 0.3) is 10.4 Å². The molecule has 0 radical (unpaired) electrons. The van der Waals surface area contributed by atoms with Gasteiger partial charge in [-0.15, -0.1) is 11.3 Å². The van der Waals surface area contributed by atoms with E-state index in [1.807, 2.05) is 58.8 Å². The van der Waals surface area contributed by atoms with Crippen LogP contribution in [0, 0.1) is 0 Å². The van der Waals surface area contributed by atoms with Gasteiger partial charge in [0.1, 0.15) is 11.5 Å². The molecule has 0 bridgehead atoms. The monoisotopic (exact) mass is 408 g/mol. The number of ether oxygens (including phenoxy) is 2. The van der Waals surface area contributed by atoms with Crippen LogP contribution in [-0.2, 0) is 0 Å². The highest BCUT2D eigenvalue weighted by Crippen LogP contribution is 2.39. The molecular weight excluding hydrogens is 384 g/mol. The highest BCUT2D eigenvalue weighted by Gasteiger charge is 2.32. The lowest BCUT2D eigenvalue weighted by Gasteiger charge is -2.27. The number of amides is 2. The summed E-state index contributed by atoms with van der Waals surface area (Å²) >= 11 is 1.66. The van der Waals surface area contributed by atoms with Crippen molar-refractivity contribution < 1.29 is 14.3 Å². The zero-order valence-electron chi connectivity index (χ0n) is 16.6. The molecule has 4 rings (SSSR count). The van der Waals surface area contributed by atoms with Gasteiger partial charge in [-0.05, 0) is 48.6 Å². The molecule has 1 fully saturated rings. The molecule has 1 aliphatic rings. The number of benzene rings is 2. The minimum absolute atomic E-state index is 0.0473. The third-order valence-electron chi connectivity index (χ3n) is 5.26. The van der Waals surface area contributed by atoms with E-state index >= 15 is 0 Å². The van der Waals surface area contributed by atoms with Crippen LogP contribution in [-0.4, -0.2) is 31.7 Å². The maximum absolute atomic E-state index is 13.2. The molecule has 0 saturated carbocycles. The van der Waals surface area contributed by atoms with Gasteiger partial charge in [0.15, 0.2) is 0 Å². The minimum Gasteiger partial charge on any atom is -0.497 e. The van der Waals surface area contributed by atoms with Crippen LogP contribution in [0.3, 0.4) is 0 Å². The van der Waals surface area contributed by atoms with Crippen molar-refractivity contribution in [1.29, 1.82) is 0 Å². The quantitative estimate of drug-likeness (QED) is 0.580. The molecule has 150 valence electrons. The van der Waals surface area contributed by atoms with Crippen molar-refractivity contribution in [2.45, 2.75) is 18.9 Å². The largest absolute Gasteiger partial charge is 0.497 e. The molecule has 1 atom stereocenters. The molecule has 0 aliphatic carbocycles. The number of carbonyl (C=O) groups is 1. The fourth-order valence-electron chi connectivity index (χ4n) is 3.86. The first kappa shape index (κ1) is 19.3. The zero-order valence-corrected chi connectivity index (χ0v) is 17.4. The Morgan fingerprint density at radius 3 is 2.72 bits per heavy atom. The lowest BCUT2D eigenvalue weighted by atomic mass is 10.0. The topological polar surface area (TPSA) is 50.8 Å². The van der Waals surface area contributed by atoms with E-state index in [4.69, 9.17) is 9.47 Å². The summed E-state index contributed by atoms with van der Waals surface area (Å²) in [6.07, 6.45) is 1.84. The van der Waals surface area contributed by atoms with Gasteiger partial charge in [0.2, 0.25) is 0 Å². The van der Waals surface area contributed by atoms with E-state index in [0.29, 0.717) is 6.54 Å². The number of likely N-dealkylation sites (tertiary alicyclic amines) is 1. The van der Waals surface area contributed by atoms with Gasteiger partial charge in [-0.2, -0.15) is 0 Å². The Labute approximate surface area is 174 Å². The van der Waals surface area contributed by atoms with Gasteiger partial charge < -0.3 is 19.7 Å². The highest BCUT2D eigenvalue weighted by atomic mass is 32.1. The number of urea groups is 1. The molecule has 3 aromatic rings. The average molecular weight is 409 g/mol.